The second kappa shape index (κ2) is 11.3. The number of hydrogen-bond donors (Lipinski definition) is 2. The summed E-state index contributed by atoms with van der Waals surface area (Å²) in [5.74, 6) is 0.829. The molecule has 0 aliphatic rings. The van der Waals surface area contributed by atoms with Gasteiger partial charge in [0.25, 0.3) is 0 Å². The lowest BCUT2D eigenvalue weighted by Crippen LogP contribution is -2.37. The number of benzene rings is 1. The molecule has 0 amide bonds. The number of halogens is 1. The summed E-state index contributed by atoms with van der Waals surface area (Å²) in [5, 5.41) is 11.2. The molecule has 1 heterocycles. The van der Waals surface area contributed by atoms with E-state index in [1.54, 1.807) is 0 Å². The Morgan fingerprint density at radius 1 is 1.15 bits per heavy atom. The molecule has 0 fully saturated rings. The fourth-order valence-corrected chi connectivity index (χ4v) is 2.96. The molecule has 27 heavy (non-hydrogen) atoms. The van der Waals surface area contributed by atoms with E-state index >= 15 is 0 Å². The van der Waals surface area contributed by atoms with Crippen LogP contribution >= 0.6 is 24.0 Å². The molecule has 0 aliphatic carbocycles. The van der Waals surface area contributed by atoms with Gasteiger partial charge < -0.3 is 15.5 Å². The highest BCUT2D eigenvalue weighted by Gasteiger charge is 2.10. The van der Waals surface area contributed by atoms with Gasteiger partial charge in [-0.3, -0.25) is 4.68 Å². The molecule has 0 aliphatic heterocycles. The van der Waals surface area contributed by atoms with Gasteiger partial charge in [0.15, 0.2) is 5.96 Å². The largest absolute Gasteiger partial charge is 0.357 e. The molecule has 7 heteroatoms. The SMILES string of the molecule is CCNC(=NCc1ccccc1CN(C)C)NCc1c(C)nn(C)c1C.I. The van der Waals surface area contributed by atoms with Crippen LogP contribution in [0.5, 0.6) is 0 Å². The third-order valence-corrected chi connectivity index (χ3v) is 4.45. The summed E-state index contributed by atoms with van der Waals surface area (Å²) in [6, 6.07) is 8.49. The van der Waals surface area contributed by atoms with Crippen LogP contribution in [0.1, 0.15) is 35.0 Å². The van der Waals surface area contributed by atoms with Gasteiger partial charge in [-0.15, -0.1) is 24.0 Å². The average molecular weight is 484 g/mol. The van der Waals surface area contributed by atoms with Crippen molar-refractivity contribution in [3.63, 3.8) is 0 Å². The van der Waals surface area contributed by atoms with Crippen molar-refractivity contribution in [3.05, 3.63) is 52.3 Å². The minimum absolute atomic E-state index is 0. The van der Waals surface area contributed by atoms with Crippen LogP contribution in [-0.4, -0.2) is 41.3 Å². The number of aromatic nitrogens is 2. The Balaban J connectivity index is 0.00000364. The highest BCUT2D eigenvalue weighted by molar-refractivity contribution is 14.0. The van der Waals surface area contributed by atoms with Crippen molar-refractivity contribution in [2.24, 2.45) is 12.0 Å². The van der Waals surface area contributed by atoms with Crippen LogP contribution in [0.15, 0.2) is 29.3 Å². The lowest BCUT2D eigenvalue weighted by molar-refractivity contribution is 0.401. The Hall–Kier alpha value is -1.61. The third kappa shape index (κ3) is 6.80. The monoisotopic (exact) mass is 484 g/mol. The summed E-state index contributed by atoms with van der Waals surface area (Å²) < 4.78 is 1.92. The van der Waals surface area contributed by atoms with E-state index in [1.165, 1.54) is 22.4 Å². The topological polar surface area (TPSA) is 57.5 Å². The highest BCUT2D eigenvalue weighted by Crippen LogP contribution is 2.13. The van der Waals surface area contributed by atoms with Gasteiger partial charge in [0.2, 0.25) is 0 Å². The van der Waals surface area contributed by atoms with Crippen LogP contribution in [-0.2, 0) is 26.7 Å². The highest BCUT2D eigenvalue weighted by atomic mass is 127. The number of nitrogens with one attached hydrogen (secondary N) is 2. The summed E-state index contributed by atoms with van der Waals surface area (Å²) in [6.07, 6.45) is 0. The van der Waals surface area contributed by atoms with E-state index in [1.807, 2.05) is 18.7 Å². The molecule has 0 saturated carbocycles. The van der Waals surface area contributed by atoms with E-state index < -0.39 is 0 Å². The van der Waals surface area contributed by atoms with Crippen LogP contribution in [0, 0.1) is 13.8 Å². The Kier molecular flexibility index (Phi) is 9.79. The fraction of sp³-hybridized carbons (Fsp3) is 0.500. The molecule has 0 atom stereocenters. The van der Waals surface area contributed by atoms with Crippen LogP contribution in [0.4, 0.5) is 0 Å². The van der Waals surface area contributed by atoms with Crippen LogP contribution in [0.25, 0.3) is 0 Å². The van der Waals surface area contributed by atoms with Gasteiger partial charge in [-0.25, -0.2) is 4.99 Å². The number of rotatable bonds is 7. The second-order valence-corrected chi connectivity index (χ2v) is 6.83. The van der Waals surface area contributed by atoms with E-state index in [0.717, 1.165) is 31.3 Å². The lowest BCUT2D eigenvalue weighted by Gasteiger charge is -2.15. The molecular formula is C20H33IN6. The van der Waals surface area contributed by atoms with Crippen molar-refractivity contribution in [3.8, 4) is 0 Å². The Labute approximate surface area is 180 Å². The normalized spacial score (nSPS) is 11.4. The summed E-state index contributed by atoms with van der Waals surface area (Å²) in [6.45, 7) is 9.35. The first kappa shape index (κ1) is 23.4. The molecule has 0 saturated heterocycles. The molecule has 1 aromatic carbocycles. The third-order valence-electron chi connectivity index (χ3n) is 4.45. The summed E-state index contributed by atoms with van der Waals surface area (Å²) >= 11 is 0. The Morgan fingerprint density at radius 3 is 2.37 bits per heavy atom. The summed E-state index contributed by atoms with van der Waals surface area (Å²) in [7, 11) is 6.15. The van der Waals surface area contributed by atoms with Crippen molar-refractivity contribution >= 4 is 29.9 Å². The van der Waals surface area contributed by atoms with Gasteiger partial charge in [0.05, 0.1) is 12.2 Å². The van der Waals surface area contributed by atoms with E-state index in [2.05, 4.69) is 72.8 Å². The number of nitrogens with zero attached hydrogens (tertiary/aromatic N) is 4. The molecule has 2 rings (SSSR count). The lowest BCUT2D eigenvalue weighted by atomic mass is 10.1. The molecule has 150 valence electrons. The molecule has 0 radical (unpaired) electrons. The number of aliphatic imine (C=N–C) groups is 1. The van der Waals surface area contributed by atoms with E-state index in [0.29, 0.717) is 6.54 Å². The van der Waals surface area contributed by atoms with E-state index in [-0.39, 0.29) is 24.0 Å². The fourth-order valence-electron chi connectivity index (χ4n) is 2.96. The van der Waals surface area contributed by atoms with Crippen molar-refractivity contribution in [2.75, 3.05) is 20.6 Å². The smallest absolute Gasteiger partial charge is 0.191 e. The first-order valence-corrected chi connectivity index (χ1v) is 9.15. The van der Waals surface area contributed by atoms with Gasteiger partial charge in [-0.1, -0.05) is 24.3 Å². The van der Waals surface area contributed by atoms with Crippen molar-refractivity contribution in [1.82, 2.24) is 25.3 Å². The summed E-state index contributed by atoms with van der Waals surface area (Å²) in [5.41, 5.74) is 6.04. The second-order valence-electron chi connectivity index (χ2n) is 6.83. The molecule has 2 N–H and O–H groups in total. The average Bonchev–Trinajstić information content (AvgIpc) is 2.83. The molecule has 2 aromatic rings. The standard InChI is InChI=1S/C20H32N6.HI/c1-7-21-20(23-13-19-15(2)24-26(6)16(19)3)22-12-17-10-8-9-11-18(17)14-25(4)5;/h8-11H,7,12-14H2,1-6H3,(H2,21,22,23);1H. The van der Waals surface area contributed by atoms with Crippen molar-refractivity contribution < 1.29 is 0 Å². The quantitative estimate of drug-likeness (QED) is 0.361. The van der Waals surface area contributed by atoms with Gasteiger partial charge in [-0.05, 0) is 46.0 Å². The number of guanidine groups is 1. The zero-order chi connectivity index (χ0) is 19.1. The molecule has 0 spiro atoms. The van der Waals surface area contributed by atoms with E-state index in [4.69, 9.17) is 4.99 Å². The Morgan fingerprint density at radius 2 is 1.81 bits per heavy atom. The van der Waals surface area contributed by atoms with Crippen LogP contribution < -0.4 is 10.6 Å². The van der Waals surface area contributed by atoms with Gasteiger partial charge >= 0.3 is 0 Å². The molecule has 0 bridgehead atoms. The molecule has 1 aromatic heterocycles. The maximum Gasteiger partial charge on any atom is 0.191 e. The summed E-state index contributed by atoms with van der Waals surface area (Å²) in [4.78, 5) is 6.96. The zero-order valence-corrected chi connectivity index (χ0v) is 19.7. The first-order valence-electron chi connectivity index (χ1n) is 9.15. The molecule has 0 unspecified atom stereocenters. The predicted octanol–water partition coefficient (Wildman–Crippen LogP) is 2.97. The van der Waals surface area contributed by atoms with E-state index in [9.17, 15) is 0 Å². The maximum absolute atomic E-state index is 4.78. The molecular weight excluding hydrogens is 451 g/mol. The number of aryl methyl sites for hydroxylation is 2. The van der Waals surface area contributed by atoms with Gasteiger partial charge in [0, 0.05) is 37.9 Å². The number of hydrogen-bond acceptors (Lipinski definition) is 3. The minimum atomic E-state index is 0. The molecule has 6 nitrogen and oxygen atoms in total. The first-order chi connectivity index (χ1) is 12.4. The van der Waals surface area contributed by atoms with Crippen LogP contribution in [0.2, 0.25) is 0 Å². The van der Waals surface area contributed by atoms with Gasteiger partial charge in [-0.2, -0.15) is 5.10 Å². The van der Waals surface area contributed by atoms with Crippen LogP contribution in [0.3, 0.4) is 0 Å². The van der Waals surface area contributed by atoms with Gasteiger partial charge in [0.1, 0.15) is 0 Å². The predicted molar refractivity (Wildman–Crippen MR) is 124 cm³/mol. The zero-order valence-electron chi connectivity index (χ0n) is 17.3. The minimum Gasteiger partial charge on any atom is -0.357 e. The Bertz CT molecular complexity index is 751. The van der Waals surface area contributed by atoms with Crippen molar-refractivity contribution in [2.45, 2.75) is 40.4 Å². The maximum atomic E-state index is 4.78. The van der Waals surface area contributed by atoms with Crippen molar-refractivity contribution in [1.29, 1.82) is 0 Å².